The second-order valence-electron chi connectivity index (χ2n) is 6.56. The molecule has 2 unspecified atom stereocenters. The molecule has 0 aromatic heterocycles. The molecular weight excluding hydrogens is 316 g/mol. The van der Waals surface area contributed by atoms with Gasteiger partial charge < -0.3 is 5.11 Å². The van der Waals surface area contributed by atoms with Crippen LogP contribution in [0.3, 0.4) is 0 Å². The van der Waals surface area contributed by atoms with Gasteiger partial charge in [-0.15, -0.1) is 0 Å². The molecule has 3 N–H and O–H groups in total. The molecule has 0 amide bonds. The van der Waals surface area contributed by atoms with E-state index in [9.17, 15) is 0 Å². The van der Waals surface area contributed by atoms with Crippen LogP contribution in [0, 0.1) is 11.8 Å². The van der Waals surface area contributed by atoms with Crippen LogP contribution < -0.4 is 0 Å². The SMILES string of the molecule is CCCCCCCCCCCCC(C)C(C)CO.O=S(=O)(O)O. The van der Waals surface area contributed by atoms with Crippen molar-refractivity contribution in [3.63, 3.8) is 0 Å². The van der Waals surface area contributed by atoms with Crippen LogP contribution in [-0.4, -0.2) is 29.2 Å². The van der Waals surface area contributed by atoms with Crippen LogP contribution in [0.1, 0.15) is 91.4 Å². The maximum atomic E-state index is 9.07. The lowest BCUT2D eigenvalue weighted by atomic mass is 9.91. The standard InChI is InChI=1S/C17H36O.H2O4S/c1-4-5-6-7-8-9-10-11-12-13-14-16(2)17(3)15-18;1-5(2,3)4/h16-18H,4-15H2,1-3H3;(H2,1,2,3,4). The summed E-state index contributed by atoms with van der Waals surface area (Å²) in [4.78, 5) is 0. The summed E-state index contributed by atoms with van der Waals surface area (Å²) in [5, 5.41) is 9.07. The van der Waals surface area contributed by atoms with Crippen molar-refractivity contribution in [3.05, 3.63) is 0 Å². The summed E-state index contributed by atoms with van der Waals surface area (Å²) in [6, 6.07) is 0. The zero-order valence-corrected chi connectivity index (χ0v) is 16.0. The van der Waals surface area contributed by atoms with Crippen molar-refractivity contribution in [1.82, 2.24) is 0 Å². The predicted molar refractivity (Wildman–Crippen MR) is 96.1 cm³/mol. The van der Waals surface area contributed by atoms with Gasteiger partial charge in [0.2, 0.25) is 0 Å². The molecule has 0 aliphatic carbocycles. The van der Waals surface area contributed by atoms with Gasteiger partial charge in [0, 0.05) is 6.61 Å². The molecule has 0 fully saturated rings. The van der Waals surface area contributed by atoms with Gasteiger partial charge in [0.15, 0.2) is 0 Å². The van der Waals surface area contributed by atoms with Gasteiger partial charge in [-0.25, -0.2) is 0 Å². The molecule has 2 atom stereocenters. The van der Waals surface area contributed by atoms with Crippen LogP contribution >= 0.6 is 0 Å². The minimum atomic E-state index is -4.67. The van der Waals surface area contributed by atoms with Gasteiger partial charge in [0.1, 0.15) is 0 Å². The van der Waals surface area contributed by atoms with Gasteiger partial charge in [-0.05, 0) is 11.8 Å². The first-order valence-electron chi connectivity index (χ1n) is 9.03. The van der Waals surface area contributed by atoms with Crippen LogP contribution in [0.25, 0.3) is 0 Å². The molecule has 0 aromatic rings. The van der Waals surface area contributed by atoms with Crippen LogP contribution in [0.2, 0.25) is 0 Å². The Hall–Kier alpha value is -0.170. The summed E-state index contributed by atoms with van der Waals surface area (Å²) in [6.45, 7) is 7.05. The molecule has 0 rings (SSSR count). The van der Waals surface area contributed by atoms with E-state index in [4.69, 9.17) is 22.6 Å². The van der Waals surface area contributed by atoms with Crippen molar-refractivity contribution < 1.29 is 22.6 Å². The zero-order chi connectivity index (χ0) is 18.1. The molecule has 5 nitrogen and oxygen atoms in total. The van der Waals surface area contributed by atoms with Gasteiger partial charge in [-0.3, -0.25) is 9.11 Å². The summed E-state index contributed by atoms with van der Waals surface area (Å²) >= 11 is 0. The lowest BCUT2D eigenvalue weighted by Crippen LogP contribution is -2.11. The second-order valence-corrected chi connectivity index (χ2v) is 7.45. The first-order valence-corrected chi connectivity index (χ1v) is 10.4. The minimum Gasteiger partial charge on any atom is -0.396 e. The van der Waals surface area contributed by atoms with Crippen LogP contribution in [0.5, 0.6) is 0 Å². The summed E-state index contributed by atoms with van der Waals surface area (Å²) in [5.41, 5.74) is 0. The van der Waals surface area contributed by atoms with E-state index in [-0.39, 0.29) is 0 Å². The molecule has 0 heterocycles. The van der Waals surface area contributed by atoms with Gasteiger partial charge in [0.25, 0.3) is 0 Å². The number of unbranched alkanes of at least 4 members (excludes halogenated alkanes) is 9. The number of hydrogen-bond donors (Lipinski definition) is 3. The van der Waals surface area contributed by atoms with E-state index in [0.717, 1.165) is 0 Å². The molecule has 0 saturated carbocycles. The van der Waals surface area contributed by atoms with Gasteiger partial charge in [0.05, 0.1) is 0 Å². The van der Waals surface area contributed by atoms with E-state index in [1.54, 1.807) is 0 Å². The maximum Gasteiger partial charge on any atom is 0.394 e. The Morgan fingerprint density at radius 1 is 0.739 bits per heavy atom. The molecule has 0 aliphatic heterocycles. The Morgan fingerprint density at radius 2 is 1.09 bits per heavy atom. The van der Waals surface area contributed by atoms with E-state index in [1.165, 1.54) is 70.6 Å². The highest BCUT2D eigenvalue weighted by Crippen LogP contribution is 2.19. The molecule has 0 radical (unpaired) electrons. The molecule has 142 valence electrons. The van der Waals surface area contributed by atoms with Crippen molar-refractivity contribution in [2.75, 3.05) is 6.61 Å². The van der Waals surface area contributed by atoms with E-state index >= 15 is 0 Å². The monoisotopic (exact) mass is 354 g/mol. The lowest BCUT2D eigenvalue weighted by molar-refractivity contribution is 0.188. The van der Waals surface area contributed by atoms with Gasteiger partial charge >= 0.3 is 10.4 Å². The molecule has 0 aliphatic rings. The molecule has 0 spiro atoms. The van der Waals surface area contributed by atoms with E-state index < -0.39 is 10.4 Å². The number of hydrogen-bond acceptors (Lipinski definition) is 3. The Kier molecular flexibility index (Phi) is 18.2. The third-order valence-corrected chi connectivity index (χ3v) is 4.27. The molecule has 23 heavy (non-hydrogen) atoms. The highest BCUT2D eigenvalue weighted by Gasteiger charge is 2.09. The summed E-state index contributed by atoms with van der Waals surface area (Å²) in [6.07, 6.45) is 15.4. The van der Waals surface area contributed by atoms with Gasteiger partial charge in [-0.2, -0.15) is 8.42 Å². The summed E-state index contributed by atoms with van der Waals surface area (Å²) in [5.74, 6) is 1.16. The first kappa shape index (κ1) is 25.1. The largest absolute Gasteiger partial charge is 0.396 e. The Balaban J connectivity index is 0. The van der Waals surface area contributed by atoms with E-state index in [0.29, 0.717) is 18.4 Å². The third kappa shape index (κ3) is 27.0. The van der Waals surface area contributed by atoms with Crippen molar-refractivity contribution in [2.24, 2.45) is 11.8 Å². The van der Waals surface area contributed by atoms with Crippen LogP contribution in [0.4, 0.5) is 0 Å². The van der Waals surface area contributed by atoms with Crippen LogP contribution in [-0.2, 0) is 10.4 Å². The van der Waals surface area contributed by atoms with Gasteiger partial charge in [-0.1, -0.05) is 91.4 Å². The molecule has 0 aromatic carbocycles. The average molecular weight is 355 g/mol. The minimum absolute atomic E-state index is 0.346. The number of aliphatic hydroxyl groups is 1. The molecular formula is C17H38O5S. The highest BCUT2D eigenvalue weighted by molar-refractivity contribution is 7.79. The lowest BCUT2D eigenvalue weighted by Gasteiger charge is -2.17. The second kappa shape index (κ2) is 16.7. The average Bonchev–Trinajstić information content (AvgIpc) is 2.46. The Morgan fingerprint density at radius 3 is 1.43 bits per heavy atom. The Bertz CT molecular complexity index is 322. The zero-order valence-electron chi connectivity index (χ0n) is 15.2. The summed E-state index contributed by atoms with van der Waals surface area (Å²) < 4.78 is 31.6. The Labute approximate surface area is 143 Å². The van der Waals surface area contributed by atoms with Crippen molar-refractivity contribution in [1.29, 1.82) is 0 Å². The van der Waals surface area contributed by atoms with Crippen molar-refractivity contribution in [3.8, 4) is 0 Å². The fraction of sp³-hybridized carbons (Fsp3) is 1.00. The third-order valence-electron chi connectivity index (χ3n) is 4.27. The highest BCUT2D eigenvalue weighted by atomic mass is 32.3. The molecule has 6 heteroatoms. The van der Waals surface area contributed by atoms with Crippen molar-refractivity contribution in [2.45, 2.75) is 91.4 Å². The normalized spacial score (nSPS) is 14.0. The number of rotatable bonds is 13. The van der Waals surface area contributed by atoms with E-state index in [1.807, 2.05) is 0 Å². The van der Waals surface area contributed by atoms with Crippen molar-refractivity contribution >= 4 is 10.4 Å². The summed E-state index contributed by atoms with van der Waals surface area (Å²) in [7, 11) is -4.67. The number of aliphatic hydroxyl groups excluding tert-OH is 1. The molecule has 0 bridgehead atoms. The fourth-order valence-corrected chi connectivity index (χ4v) is 2.42. The molecule has 0 saturated heterocycles. The topological polar surface area (TPSA) is 94.8 Å². The maximum absolute atomic E-state index is 9.07. The van der Waals surface area contributed by atoms with E-state index in [2.05, 4.69) is 20.8 Å². The quantitative estimate of drug-likeness (QED) is 0.323. The smallest absolute Gasteiger partial charge is 0.394 e. The van der Waals surface area contributed by atoms with Crippen LogP contribution in [0.15, 0.2) is 0 Å². The fourth-order valence-electron chi connectivity index (χ4n) is 2.42. The first-order chi connectivity index (χ1) is 10.7. The predicted octanol–water partition coefficient (Wildman–Crippen LogP) is 4.91.